The maximum Gasteiger partial charge on any atom is 0.0569 e. The van der Waals surface area contributed by atoms with Crippen LogP contribution in [0.15, 0.2) is 11.4 Å². The summed E-state index contributed by atoms with van der Waals surface area (Å²) in [5.41, 5.74) is 7.45. The maximum atomic E-state index is 6.06. The number of thiophene rings is 1. The van der Waals surface area contributed by atoms with E-state index in [-0.39, 0.29) is 0 Å². The van der Waals surface area contributed by atoms with Gasteiger partial charge in [-0.15, -0.1) is 11.3 Å². The van der Waals surface area contributed by atoms with Gasteiger partial charge in [0.2, 0.25) is 0 Å². The summed E-state index contributed by atoms with van der Waals surface area (Å²) in [6.07, 6.45) is 3.68. The summed E-state index contributed by atoms with van der Waals surface area (Å²) >= 11 is 1.85. The molecule has 0 bridgehead atoms. The molecule has 18 heavy (non-hydrogen) atoms. The van der Waals surface area contributed by atoms with E-state index < -0.39 is 0 Å². The van der Waals surface area contributed by atoms with E-state index in [9.17, 15) is 0 Å². The molecule has 0 aromatic carbocycles. The zero-order valence-electron chi connectivity index (χ0n) is 12.3. The Morgan fingerprint density at radius 1 is 1.39 bits per heavy atom. The van der Waals surface area contributed by atoms with Crippen molar-refractivity contribution in [1.29, 1.82) is 0 Å². The predicted octanol–water partition coefficient (Wildman–Crippen LogP) is 3.96. The highest BCUT2D eigenvalue weighted by atomic mass is 32.1. The van der Waals surface area contributed by atoms with Gasteiger partial charge in [-0.05, 0) is 50.2 Å². The van der Waals surface area contributed by atoms with Crippen LogP contribution in [0.2, 0.25) is 0 Å². The zero-order chi connectivity index (χ0) is 13.5. The fraction of sp³-hybridized carbons (Fsp3) is 0.733. The summed E-state index contributed by atoms with van der Waals surface area (Å²) in [7, 11) is 0. The van der Waals surface area contributed by atoms with Gasteiger partial charge < -0.3 is 5.73 Å². The molecule has 1 heterocycles. The molecule has 104 valence electrons. The van der Waals surface area contributed by atoms with Crippen molar-refractivity contribution >= 4 is 11.3 Å². The molecular weight excluding hydrogens is 240 g/mol. The molecule has 2 nitrogen and oxygen atoms in total. The lowest BCUT2D eigenvalue weighted by Gasteiger charge is -2.35. The predicted molar refractivity (Wildman–Crippen MR) is 82.2 cm³/mol. The van der Waals surface area contributed by atoms with Gasteiger partial charge in [-0.2, -0.15) is 0 Å². The van der Waals surface area contributed by atoms with Gasteiger partial charge in [-0.3, -0.25) is 4.90 Å². The monoisotopic (exact) mass is 268 g/mol. The van der Waals surface area contributed by atoms with Crippen molar-refractivity contribution in [1.82, 2.24) is 4.90 Å². The van der Waals surface area contributed by atoms with Crippen molar-refractivity contribution < 1.29 is 0 Å². The minimum absolute atomic E-state index is 0.395. The topological polar surface area (TPSA) is 29.3 Å². The maximum absolute atomic E-state index is 6.06. The highest BCUT2D eigenvalue weighted by Gasteiger charge is 2.24. The summed E-state index contributed by atoms with van der Waals surface area (Å²) in [5.74, 6) is 0. The largest absolute Gasteiger partial charge is 0.329 e. The molecule has 1 rings (SSSR count). The third-order valence-corrected chi connectivity index (χ3v) is 4.87. The van der Waals surface area contributed by atoms with Gasteiger partial charge in [0.05, 0.1) is 6.04 Å². The van der Waals surface area contributed by atoms with Gasteiger partial charge in [0.15, 0.2) is 0 Å². The quantitative estimate of drug-likeness (QED) is 0.773. The van der Waals surface area contributed by atoms with Gasteiger partial charge in [0, 0.05) is 17.5 Å². The minimum atomic E-state index is 0.395. The Balaban J connectivity index is 2.89. The summed E-state index contributed by atoms with van der Waals surface area (Å²) in [5, 5.41) is 2.18. The Morgan fingerprint density at radius 2 is 2.11 bits per heavy atom. The van der Waals surface area contributed by atoms with Crippen molar-refractivity contribution in [3.63, 3.8) is 0 Å². The van der Waals surface area contributed by atoms with Crippen molar-refractivity contribution in [2.24, 2.45) is 5.73 Å². The molecule has 2 atom stereocenters. The van der Waals surface area contributed by atoms with Crippen molar-refractivity contribution in [3.05, 3.63) is 21.9 Å². The van der Waals surface area contributed by atoms with Crippen LogP contribution in [0.25, 0.3) is 0 Å². The normalized spacial score (nSPS) is 15.0. The molecule has 0 radical (unpaired) electrons. The first-order chi connectivity index (χ1) is 8.65. The zero-order valence-corrected chi connectivity index (χ0v) is 13.1. The van der Waals surface area contributed by atoms with Crippen LogP contribution >= 0.6 is 11.3 Å². The highest BCUT2D eigenvalue weighted by Crippen LogP contribution is 2.30. The number of hydrogen-bond donors (Lipinski definition) is 1. The lowest BCUT2D eigenvalue weighted by molar-refractivity contribution is 0.142. The Hall–Kier alpha value is -0.380. The SMILES string of the molecule is CCCCN(C(C)CC)C(CN)c1sccc1C. The molecule has 2 N–H and O–H groups in total. The molecule has 0 fully saturated rings. The van der Waals surface area contributed by atoms with Gasteiger partial charge in [0.25, 0.3) is 0 Å². The van der Waals surface area contributed by atoms with E-state index in [4.69, 9.17) is 5.73 Å². The van der Waals surface area contributed by atoms with E-state index in [0.29, 0.717) is 12.1 Å². The fourth-order valence-electron chi connectivity index (χ4n) is 2.38. The molecule has 0 saturated heterocycles. The number of nitrogens with two attached hydrogens (primary N) is 1. The summed E-state index contributed by atoms with van der Waals surface area (Å²) in [6, 6.07) is 3.20. The van der Waals surface area contributed by atoms with E-state index >= 15 is 0 Å². The Kier molecular flexibility index (Phi) is 6.90. The Labute approximate surface area is 116 Å². The number of hydrogen-bond acceptors (Lipinski definition) is 3. The first-order valence-electron chi connectivity index (χ1n) is 7.15. The molecule has 0 aliphatic carbocycles. The summed E-state index contributed by atoms with van der Waals surface area (Å²) in [6.45, 7) is 10.9. The fourth-order valence-corrected chi connectivity index (χ4v) is 3.44. The van der Waals surface area contributed by atoms with Crippen LogP contribution in [0, 0.1) is 6.92 Å². The van der Waals surface area contributed by atoms with Crippen LogP contribution < -0.4 is 5.73 Å². The van der Waals surface area contributed by atoms with Crippen molar-refractivity contribution in [2.45, 2.75) is 59.0 Å². The standard InChI is InChI=1S/C15H28N2S/c1-5-7-9-17(13(4)6-2)14(11-16)15-12(3)8-10-18-15/h8,10,13-14H,5-7,9,11,16H2,1-4H3. The molecule has 1 aromatic rings. The van der Waals surface area contributed by atoms with Gasteiger partial charge >= 0.3 is 0 Å². The first kappa shape index (κ1) is 15.7. The van der Waals surface area contributed by atoms with E-state index in [1.54, 1.807) is 0 Å². The second kappa shape index (κ2) is 7.93. The van der Waals surface area contributed by atoms with Crippen molar-refractivity contribution in [3.8, 4) is 0 Å². The van der Waals surface area contributed by atoms with Crippen molar-refractivity contribution in [2.75, 3.05) is 13.1 Å². The van der Waals surface area contributed by atoms with Crippen LogP contribution in [0.1, 0.15) is 56.5 Å². The average Bonchev–Trinajstić information content (AvgIpc) is 2.80. The third kappa shape index (κ3) is 3.81. The van der Waals surface area contributed by atoms with E-state index in [1.165, 1.54) is 29.7 Å². The minimum Gasteiger partial charge on any atom is -0.329 e. The lowest BCUT2D eigenvalue weighted by Crippen LogP contribution is -2.40. The first-order valence-corrected chi connectivity index (χ1v) is 8.03. The highest BCUT2D eigenvalue weighted by molar-refractivity contribution is 7.10. The average molecular weight is 268 g/mol. The van der Waals surface area contributed by atoms with Crippen LogP contribution in [-0.4, -0.2) is 24.0 Å². The molecule has 0 aliphatic heterocycles. The molecule has 3 heteroatoms. The second-order valence-corrected chi connectivity index (χ2v) is 6.02. The van der Waals surface area contributed by atoms with Crippen LogP contribution in [-0.2, 0) is 0 Å². The smallest absolute Gasteiger partial charge is 0.0569 e. The molecule has 1 aromatic heterocycles. The Morgan fingerprint density at radius 3 is 2.56 bits per heavy atom. The van der Waals surface area contributed by atoms with Gasteiger partial charge in [-0.1, -0.05) is 20.3 Å². The molecule has 0 amide bonds. The molecule has 0 aliphatic rings. The molecule has 0 spiro atoms. The van der Waals surface area contributed by atoms with Gasteiger partial charge in [0.1, 0.15) is 0 Å². The molecule has 0 saturated carbocycles. The van der Waals surface area contributed by atoms with E-state index in [1.807, 2.05) is 11.3 Å². The molecular formula is C15H28N2S. The second-order valence-electron chi connectivity index (χ2n) is 5.07. The molecule has 2 unspecified atom stereocenters. The number of rotatable bonds is 8. The van der Waals surface area contributed by atoms with E-state index in [2.05, 4.69) is 44.0 Å². The third-order valence-electron chi connectivity index (χ3n) is 3.75. The summed E-state index contributed by atoms with van der Waals surface area (Å²) < 4.78 is 0. The van der Waals surface area contributed by atoms with Gasteiger partial charge in [-0.25, -0.2) is 0 Å². The van der Waals surface area contributed by atoms with Crippen LogP contribution in [0.4, 0.5) is 0 Å². The van der Waals surface area contributed by atoms with E-state index in [0.717, 1.165) is 13.1 Å². The summed E-state index contributed by atoms with van der Waals surface area (Å²) in [4.78, 5) is 4.05. The number of nitrogens with zero attached hydrogens (tertiary/aromatic N) is 1. The lowest BCUT2D eigenvalue weighted by atomic mass is 10.1. The number of unbranched alkanes of at least 4 members (excludes halogenated alkanes) is 1. The van der Waals surface area contributed by atoms with Crippen LogP contribution in [0.5, 0.6) is 0 Å². The Bertz CT molecular complexity index is 335. The number of aryl methyl sites for hydroxylation is 1. The van der Waals surface area contributed by atoms with Crippen LogP contribution in [0.3, 0.4) is 0 Å².